The third-order valence-electron chi connectivity index (χ3n) is 3.60. The van der Waals surface area contributed by atoms with Gasteiger partial charge in [-0.3, -0.25) is 9.59 Å². The van der Waals surface area contributed by atoms with Crippen molar-refractivity contribution in [2.45, 2.75) is 31.1 Å². The Morgan fingerprint density at radius 1 is 1.00 bits per heavy atom. The van der Waals surface area contributed by atoms with Crippen LogP contribution < -0.4 is 10.1 Å². The van der Waals surface area contributed by atoms with Crippen molar-refractivity contribution < 1.29 is 14.3 Å². The minimum absolute atomic E-state index is 0.0464. The number of amides is 1. The van der Waals surface area contributed by atoms with Gasteiger partial charge in [-0.2, -0.15) is 0 Å². The Kier molecular flexibility index (Phi) is 7.54. The predicted molar refractivity (Wildman–Crippen MR) is 103 cm³/mol. The average molecular weight is 357 g/mol. The van der Waals surface area contributed by atoms with Crippen LogP contribution in [-0.4, -0.2) is 24.6 Å². The lowest BCUT2D eigenvalue weighted by molar-refractivity contribution is -0.116. The number of anilines is 1. The second-order valence-electron chi connectivity index (χ2n) is 5.57. The number of ketones is 1. The number of nitrogens with one attached hydrogen (secondary N) is 1. The van der Waals surface area contributed by atoms with Crippen molar-refractivity contribution >= 4 is 29.1 Å². The number of Topliss-reactive ketones (excluding diaryl/α,β-unsaturated/α-hetero) is 1. The molecule has 0 radical (unpaired) electrons. The second kappa shape index (κ2) is 9.89. The zero-order valence-corrected chi connectivity index (χ0v) is 15.4. The van der Waals surface area contributed by atoms with Gasteiger partial charge >= 0.3 is 0 Å². The molecule has 0 saturated heterocycles. The number of rotatable bonds is 9. The summed E-state index contributed by atoms with van der Waals surface area (Å²) in [7, 11) is 0. The van der Waals surface area contributed by atoms with Gasteiger partial charge in [-0.25, -0.2) is 0 Å². The molecule has 0 heterocycles. The molecule has 0 aliphatic heterocycles. The van der Waals surface area contributed by atoms with Gasteiger partial charge in [0.25, 0.3) is 0 Å². The molecule has 1 N–H and O–H groups in total. The van der Waals surface area contributed by atoms with E-state index in [1.807, 2.05) is 37.4 Å². The molecule has 0 spiro atoms. The van der Waals surface area contributed by atoms with Crippen molar-refractivity contribution in [3.8, 4) is 5.75 Å². The lowest BCUT2D eigenvalue weighted by atomic mass is 10.1. The Bertz CT molecular complexity index is 696. The predicted octanol–water partition coefficient (Wildman–Crippen LogP) is 4.80. The maximum absolute atomic E-state index is 12.2. The van der Waals surface area contributed by atoms with E-state index < -0.39 is 0 Å². The standard InChI is InChI=1S/C20H23NO3S/c1-3-14-24-17-8-4-15(5-9-17)19(22)12-13-20(23)21-16-6-10-18(25-2)11-7-16/h4-11H,3,12-14H2,1-2H3,(H,21,23). The van der Waals surface area contributed by atoms with Gasteiger partial charge in [-0.1, -0.05) is 6.92 Å². The summed E-state index contributed by atoms with van der Waals surface area (Å²) in [5.41, 5.74) is 1.34. The molecule has 1 amide bonds. The molecule has 0 bridgehead atoms. The summed E-state index contributed by atoms with van der Waals surface area (Å²) < 4.78 is 5.49. The largest absolute Gasteiger partial charge is 0.494 e. The van der Waals surface area contributed by atoms with E-state index in [0.717, 1.165) is 22.8 Å². The number of thioether (sulfide) groups is 1. The zero-order chi connectivity index (χ0) is 18.1. The minimum Gasteiger partial charge on any atom is -0.494 e. The summed E-state index contributed by atoms with van der Waals surface area (Å²) >= 11 is 1.65. The Labute approximate surface area is 153 Å². The summed E-state index contributed by atoms with van der Waals surface area (Å²) in [6.45, 7) is 2.70. The van der Waals surface area contributed by atoms with E-state index >= 15 is 0 Å². The van der Waals surface area contributed by atoms with Crippen LogP contribution in [0.25, 0.3) is 0 Å². The molecule has 0 unspecified atom stereocenters. The highest BCUT2D eigenvalue weighted by atomic mass is 32.2. The third-order valence-corrected chi connectivity index (χ3v) is 4.35. The zero-order valence-electron chi connectivity index (χ0n) is 14.6. The fraction of sp³-hybridized carbons (Fsp3) is 0.300. The number of carbonyl (C=O) groups is 2. The van der Waals surface area contributed by atoms with Crippen molar-refractivity contribution in [3.05, 3.63) is 54.1 Å². The molecule has 0 fully saturated rings. The van der Waals surface area contributed by atoms with Crippen LogP contribution in [0.1, 0.15) is 36.5 Å². The molecule has 25 heavy (non-hydrogen) atoms. The first-order chi connectivity index (χ1) is 12.1. The first-order valence-electron chi connectivity index (χ1n) is 8.32. The van der Waals surface area contributed by atoms with E-state index in [0.29, 0.717) is 12.2 Å². The SMILES string of the molecule is CCCOc1ccc(C(=O)CCC(=O)Nc2ccc(SC)cc2)cc1. The Balaban J connectivity index is 1.81. The summed E-state index contributed by atoms with van der Waals surface area (Å²) in [4.78, 5) is 25.3. The average Bonchev–Trinajstić information content (AvgIpc) is 2.65. The lowest BCUT2D eigenvalue weighted by Crippen LogP contribution is -2.13. The van der Waals surface area contributed by atoms with E-state index in [2.05, 4.69) is 5.32 Å². The molecule has 5 heteroatoms. The molecule has 0 atom stereocenters. The molecular formula is C20H23NO3S. The first-order valence-corrected chi connectivity index (χ1v) is 9.55. The highest BCUT2D eigenvalue weighted by Gasteiger charge is 2.10. The van der Waals surface area contributed by atoms with Crippen LogP contribution in [0.2, 0.25) is 0 Å². The van der Waals surface area contributed by atoms with Crippen molar-refractivity contribution in [2.24, 2.45) is 0 Å². The second-order valence-corrected chi connectivity index (χ2v) is 6.45. The summed E-state index contributed by atoms with van der Waals surface area (Å²) in [6, 6.07) is 14.7. The molecule has 4 nitrogen and oxygen atoms in total. The first kappa shape index (κ1) is 19.1. The quantitative estimate of drug-likeness (QED) is 0.517. The highest BCUT2D eigenvalue weighted by Crippen LogP contribution is 2.18. The van der Waals surface area contributed by atoms with Crippen LogP contribution >= 0.6 is 11.8 Å². The van der Waals surface area contributed by atoms with Crippen molar-refractivity contribution in [1.29, 1.82) is 0 Å². The van der Waals surface area contributed by atoms with Crippen LogP contribution in [0.3, 0.4) is 0 Å². The highest BCUT2D eigenvalue weighted by molar-refractivity contribution is 7.98. The fourth-order valence-corrected chi connectivity index (χ4v) is 2.63. The van der Waals surface area contributed by atoms with Gasteiger partial charge in [0.05, 0.1) is 6.61 Å². The Morgan fingerprint density at radius 2 is 1.68 bits per heavy atom. The van der Waals surface area contributed by atoms with Crippen molar-refractivity contribution in [3.63, 3.8) is 0 Å². The van der Waals surface area contributed by atoms with Gasteiger partial charge in [-0.05, 0) is 61.2 Å². The fourth-order valence-electron chi connectivity index (χ4n) is 2.23. The Hall–Kier alpha value is -2.27. The lowest BCUT2D eigenvalue weighted by Gasteiger charge is -2.07. The van der Waals surface area contributed by atoms with Crippen LogP contribution in [0.5, 0.6) is 5.75 Å². The van der Waals surface area contributed by atoms with Crippen LogP contribution in [0.15, 0.2) is 53.4 Å². The maximum atomic E-state index is 12.2. The van der Waals surface area contributed by atoms with E-state index in [1.165, 1.54) is 0 Å². The number of ether oxygens (including phenoxy) is 1. The van der Waals surface area contributed by atoms with Gasteiger partial charge in [0.15, 0.2) is 5.78 Å². The maximum Gasteiger partial charge on any atom is 0.224 e. The number of benzene rings is 2. The molecule has 132 valence electrons. The summed E-state index contributed by atoms with van der Waals surface area (Å²) in [5.74, 6) is 0.549. The molecule has 0 saturated carbocycles. The van der Waals surface area contributed by atoms with Crippen molar-refractivity contribution in [1.82, 2.24) is 0 Å². The molecule has 2 rings (SSSR count). The van der Waals surface area contributed by atoms with E-state index in [9.17, 15) is 9.59 Å². The molecule has 2 aromatic rings. The number of carbonyl (C=O) groups excluding carboxylic acids is 2. The molecular weight excluding hydrogens is 334 g/mol. The third kappa shape index (κ3) is 6.27. The summed E-state index contributed by atoms with van der Waals surface area (Å²) in [6.07, 6.45) is 3.29. The topological polar surface area (TPSA) is 55.4 Å². The molecule has 2 aromatic carbocycles. The Morgan fingerprint density at radius 3 is 2.28 bits per heavy atom. The monoisotopic (exact) mass is 357 g/mol. The van der Waals surface area contributed by atoms with Crippen LogP contribution in [0, 0.1) is 0 Å². The normalized spacial score (nSPS) is 10.3. The van der Waals surface area contributed by atoms with Gasteiger partial charge in [-0.15, -0.1) is 11.8 Å². The smallest absolute Gasteiger partial charge is 0.224 e. The number of hydrogen-bond acceptors (Lipinski definition) is 4. The summed E-state index contributed by atoms with van der Waals surface area (Å²) in [5, 5.41) is 2.81. The number of hydrogen-bond donors (Lipinski definition) is 1. The van der Waals surface area contributed by atoms with Gasteiger partial charge < -0.3 is 10.1 Å². The van der Waals surface area contributed by atoms with Gasteiger partial charge in [0.2, 0.25) is 5.91 Å². The van der Waals surface area contributed by atoms with E-state index in [4.69, 9.17) is 4.74 Å². The minimum atomic E-state index is -0.159. The van der Waals surface area contributed by atoms with Gasteiger partial charge in [0, 0.05) is 29.0 Å². The van der Waals surface area contributed by atoms with E-state index in [-0.39, 0.29) is 24.5 Å². The molecule has 0 aliphatic rings. The van der Waals surface area contributed by atoms with Crippen molar-refractivity contribution in [2.75, 3.05) is 18.2 Å². The molecule has 0 aliphatic carbocycles. The molecule has 0 aromatic heterocycles. The van der Waals surface area contributed by atoms with E-state index in [1.54, 1.807) is 36.0 Å². The van der Waals surface area contributed by atoms with Crippen LogP contribution in [0.4, 0.5) is 5.69 Å². The van der Waals surface area contributed by atoms with Crippen LogP contribution in [-0.2, 0) is 4.79 Å². The van der Waals surface area contributed by atoms with Gasteiger partial charge in [0.1, 0.15) is 5.75 Å².